The standard InChI is InChI=1S/C29H25Cl2F2N7O3/c1-37(14-29(43,15-38-17-34-16-35-38)24-9-5-21(32)11-26(24)33)12-19-2-6-22(7-3-19)39-18-36-40(28(39)42)13-27(41)23-8-4-20(30)10-25(23)31/h2-11,16-18,43H,12-15H2,1H3. The molecule has 0 aliphatic rings. The highest BCUT2D eigenvalue weighted by atomic mass is 35.5. The lowest BCUT2D eigenvalue weighted by atomic mass is 9.92. The van der Waals surface area contributed by atoms with E-state index in [9.17, 15) is 23.5 Å². The summed E-state index contributed by atoms with van der Waals surface area (Å²) in [6.45, 7) is -0.0803. The topological polar surface area (TPSA) is 111 Å². The lowest BCUT2D eigenvalue weighted by molar-refractivity contribution is -0.0175. The van der Waals surface area contributed by atoms with Gasteiger partial charge in [0.05, 0.1) is 17.3 Å². The first-order chi connectivity index (χ1) is 20.5. The van der Waals surface area contributed by atoms with Crippen LogP contribution in [0, 0.1) is 11.6 Å². The summed E-state index contributed by atoms with van der Waals surface area (Å²) in [5, 5.41) is 20.2. The number of nitrogens with zero attached hydrogens (tertiary/aromatic N) is 7. The number of aliphatic hydroxyl groups is 1. The highest BCUT2D eigenvalue weighted by Crippen LogP contribution is 2.28. The Morgan fingerprint density at radius 1 is 1.02 bits per heavy atom. The number of likely N-dealkylation sites (N-methyl/N-ethyl adjacent to an activating group) is 1. The number of rotatable bonds is 11. The SMILES string of the molecule is CN(Cc1ccc(-n2cnn(CC(=O)c3ccc(Cl)cc3Cl)c2=O)cc1)CC(O)(Cn1cncn1)c1ccc(F)cc1F. The van der Waals surface area contributed by atoms with Gasteiger partial charge < -0.3 is 5.11 Å². The molecule has 14 heteroatoms. The van der Waals surface area contributed by atoms with Crippen LogP contribution in [0.15, 0.2) is 84.4 Å². The maximum atomic E-state index is 14.8. The first kappa shape index (κ1) is 30.2. The minimum Gasteiger partial charge on any atom is -0.382 e. The number of hydrogen-bond acceptors (Lipinski definition) is 7. The third kappa shape index (κ3) is 6.89. The van der Waals surface area contributed by atoms with Crippen molar-refractivity contribution in [2.75, 3.05) is 13.6 Å². The molecule has 3 aromatic carbocycles. The molecule has 43 heavy (non-hydrogen) atoms. The fourth-order valence-electron chi connectivity index (χ4n) is 4.81. The Labute approximate surface area is 254 Å². The minimum absolute atomic E-state index is 0.0188. The van der Waals surface area contributed by atoms with E-state index >= 15 is 0 Å². The Kier molecular flexibility index (Phi) is 8.83. The summed E-state index contributed by atoms with van der Waals surface area (Å²) in [7, 11) is 1.75. The molecule has 0 spiro atoms. The molecule has 2 heterocycles. The second-order valence-corrected chi connectivity index (χ2v) is 10.9. The highest BCUT2D eigenvalue weighted by molar-refractivity contribution is 6.36. The molecule has 0 radical (unpaired) electrons. The smallest absolute Gasteiger partial charge is 0.350 e. The second-order valence-electron chi connectivity index (χ2n) is 10.1. The summed E-state index contributed by atoms with van der Waals surface area (Å²) in [5.74, 6) is -2.01. The molecule has 0 fully saturated rings. The summed E-state index contributed by atoms with van der Waals surface area (Å²) < 4.78 is 32.1. The van der Waals surface area contributed by atoms with Crippen molar-refractivity contribution < 1.29 is 18.7 Å². The Hall–Kier alpha value is -4.23. The number of carbonyl (C=O) groups is 1. The van der Waals surface area contributed by atoms with Gasteiger partial charge in [0.15, 0.2) is 5.78 Å². The number of ketones is 1. The van der Waals surface area contributed by atoms with Gasteiger partial charge in [0.2, 0.25) is 0 Å². The molecular formula is C29H25Cl2F2N7O3. The van der Waals surface area contributed by atoms with E-state index in [-0.39, 0.29) is 35.8 Å². The summed E-state index contributed by atoms with van der Waals surface area (Å²) >= 11 is 12.0. The van der Waals surface area contributed by atoms with Gasteiger partial charge in [0.25, 0.3) is 0 Å². The van der Waals surface area contributed by atoms with Crippen LogP contribution in [0.1, 0.15) is 21.5 Å². The first-order valence-electron chi connectivity index (χ1n) is 12.9. The average molecular weight is 628 g/mol. The maximum absolute atomic E-state index is 14.8. The van der Waals surface area contributed by atoms with Crippen LogP contribution in [0.3, 0.4) is 0 Å². The van der Waals surface area contributed by atoms with E-state index < -0.39 is 28.7 Å². The van der Waals surface area contributed by atoms with E-state index in [2.05, 4.69) is 15.2 Å². The van der Waals surface area contributed by atoms with Crippen molar-refractivity contribution >= 4 is 29.0 Å². The Morgan fingerprint density at radius 3 is 2.47 bits per heavy atom. The van der Waals surface area contributed by atoms with Crippen LogP contribution in [0.25, 0.3) is 5.69 Å². The van der Waals surface area contributed by atoms with Crippen LogP contribution in [-0.2, 0) is 25.2 Å². The van der Waals surface area contributed by atoms with Crippen molar-refractivity contribution in [2.24, 2.45) is 0 Å². The van der Waals surface area contributed by atoms with Gasteiger partial charge in [-0.15, -0.1) is 0 Å². The number of benzene rings is 3. The van der Waals surface area contributed by atoms with Gasteiger partial charge in [-0.25, -0.2) is 32.5 Å². The zero-order chi connectivity index (χ0) is 30.7. The molecule has 1 unspecified atom stereocenters. The van der Waals surface area contributed by atoms with Gasteiger partial charge in [-0.3, -0.25) is 9.69 Å². The summed E-state index contributed by atoms with van der Waals surface area (Å²) in [5.41, 5.74) is -0.744. The van der Waals surface area contributed by atoms with E-state index in [0.717, 1.165) is 22.4 Å². The van der Waals surface area contributed by atoms with Crippen molar-refractivity contribution in [1.29, 1.82) is 0 Å². The van der Waals surface area contributed by atoms with Crippen molar-refractivity contribution in [3.05, 3.63) is 128 Å². The fraction of sp³-hybridized carbons (Fsp3) is 0.207. The molecule has 0 aliphatic carbocycles. The molecule has 0 amide bonds. The molecule has 5 rings (SSSR count). The van der Waals surface area contributed by atoms with E-state index in [1.165, 1.54) is 46.4 Å². The molecule has 0 bridgehead atoms. The third-order valence-corrected chi connectivity index (χ3v) is 7.33. The second kappa shape index (κ2) is 12.6. The predicted octanol–water partition coefficient (Wildman–Crippen LogP) is 4.11. The lowest BCUT2D eigenvalue weighted by Gasteiger charge is -2.33. The number of carbonyl (C=O) groups excluding carboxylic acids is 1. The van der Waals surface area contributed by atoms with Gasteiger partial charge in [-0.2, -0.15) is 10.2 Å². The molecule has 222 valence electrons. The van der Waals surface area contributed by atoms with Crippen LogP contribution < -0.4 is 5.69 Å². The van der Waals surface area contributed by atoms with Gasteiger partial charge in [0, 0.05) is 35.3 Å². The highest BCUT2D eigenvalue weighted by Gasteiger charge is 2.35. The van der Waals surface area contributed by atoms with Gasteiger partial charge in [-0.1, -0.05) is 41.4 Å². The van der Waals surface area contributed by atoms with E-state index in [1.807, 2.05) is 0 Å². The van der Waals surface area contributed by atoms with Crippen molar-refractivity contribution in [3.8, 4) is 5.69 Å². The van der Waals surface area contributed by atoms with Crippen molar-refractivity contribution in [1.82, 2.24) is 34.0 Å². The number of hydrogen-bond donors (Lipinski definition) is 1. The van der Waals surface area contributed by atoms with Crippen LogP contribution in [0.4, 0.5) is 8.78 Å². The lowest BCUT2D eigenvalue weighted by Crippen LogP contribution is -2.43. The Morgan fingerprint density at radius 2 is 1.79 bits per heavy atom. The maximum Gasteiger partial charge on any atom is 0.350 e. The molecule has 1 N–H and O–H groups in total. The monoisotopic (exact) mass is 627 g/mol. The van der Waals surface area contributed by atoms with Crippen LogP contribution in [-0.4, -0.2) is 58.5 Å². The largest absolute Gasteiger partial charge is 0.382 e. The molecule has 2 aromatic heterocycles. The fourth-order valence-corrected chi connectivity index (χ4v) is 5.32. The quantitative estimate of drug-likeness (QED) is 0.219. The van der Waals surface area contributed by atoms with E-state index in [0.29, 0.717) is 17.3 Å². The summed E-state index contributed by atoms with van der Waals surface area (Å²) in [6, 6.07) is 14.6. The molecule has 0 aliphatic heterocycles. The van der Waals surface area contributed by atoms with Crippen LogP contribution in [0.2, 0.25) is 10.0 Å². The van der Waals surface area contributed by atoms with Gasteiger partial charge >= 0.3 is 5.69 Å². The predicted molar refractivity (Wildman–Crippen MR) is 155 cm³/mol. The first-order valence-corrected chi connectivity index (χ1v) is 13.7. The average Bonchev–Trinajstić information content (AvgIpc) is 3.58. The van der Waals surface area contributed by atoms with Crippen LogP contribution >= 0.6 is 23.2 Å². The Balaban J connectivity index is 1.29. The zero-order valence-corrected chi connectivity index (χ0v) is 24.3. The molecular weight excluding hydrogens is 603 g/mol. The summed E-state index contributed by atoms with van der Waals surface area (Å²) in [6.07, 6.45) is 4.02. The normalized spacial score (nSPS) is 12.9. The number of halogens is 4. The zero-order valence-electron chi connectivity index (χ0n) is 22.7. The van der Waals surface area contributed by atoms with Crippen LogP contribution in [0.5, 0.6) is 0 Å². The van der Waals surface area contributed by atoms with E-state index in [1.54, 1.807) is 42.3 Å². The van der Waals surface area contributed by atoms with Gasteiger partial charge in [-0.05, 0) is 49.0 Å². The molecule has 5 aromatic rings. The number of Topliss-reactive ketones (excluding diaryl/α,β-unsaturated/α-hetero) is 1. The molecule has 10 nitrogen and oxygen atoms in total. The number of aromatic nitrogens is 6. The molecule has 1 atom stereocenters. The van der Waals surface area contributed by atoms with E-state index in [4.69, 9.17) is 23.2 Å². The summed E-state index contributed by atoms with van der Waals surface area (Å²) in [4.78, 5) is 31.3. The van der Waals surface area contributed by atoms with Gasteiger partial charge in [0.1, 0.15) is 42.8 Å². The third-order valence-electron chi connectivity index (χ3n) is 6.78. The minimum atomic E-state index is -1.75. The van der Waals surface area contributed by atoms with Crippen molar-refractivity contribution in [2.45, 2.75) is 25.2 Å². The molecule has 0 saturated carbocycles. The Bertz CT molecular complexity index is 1810. The molecule has 0 saturated heterocycles. The van der Waals surface area contributed by atoms with Crippen molar-refractivity contribution in [3.63, 3.8) is 0 Å².